The molecule has 9 heteroatoms. The number of esters is 1. The van der Waals surface area contributed by atoms with E-state index in [9.17, 15) is 9.90 Å². The maximum Gasteiger partial charge on any atom is 0.344 e. The summed E-state index contributed by atoms with van der Waals surface area (Å²) in [5.74, 6) is 0.596. The quantitative estimate of drug-likeness (QED) is 0.520. The van der Waals surface area contributed by atoms with Gasteiger partial charge in [-0.1, -0.05) is 29.3 Å². The number of rotatable bonds is 8. The molecule has 156 valence electrons. The number of ether oxygens (including phenoxy) is 2. The Balaban J connectivity index is 1.60. The number of nitrogens with zero attached hydrogens (tertiary/aromatic N) is 3. The molecule has 1 N–H and O–H groups in total. The zero-order valence-corrected chi connectivity index (χ0v) is 17.4. The van der Waals surface area contributed by atoms with Gasteiger partial charge in [0.25, 0.3) is 0 Å². The van der Waals surface area contributed by atoms with Crippen LogP contribution in [0.1, 0.15) is 18.4 Å². The molecule has 1 saturated carbocycles. The molecule has 1 unspecified atom stereocenters. The smallest absolute Gasteiger partial charge is 0.344 e. The summed E-state index contributed by atoms with van der Waals surface area (Å²) < 4.78 is 12.5. The van der Waals surface area contributed by atoms with Gasteiger partial charge in [0, 0.05) is 10.6 Å². The molecule has 0 radical (unpaired) electrons. The number of hydrogen-bond acceptors (Lipinski definition) is 6. The molecular weight excluding hydrogens is 429 g/mol. The molecular formula is C21H19Cl2N3O4. The van der Waals surface area contributed by atoms with Crippen LogP contribution in [-0.2, 0) is 21.7 Å². The maximum atomic E-state index is 12.8. The molecule has 1 aromatic heterocycles. The molecule has 1 aliphatic rings. The van der Waals surface area contributed by atoms with E-state index in [0.29, 0.717) is 22.4 Å². The van der Waals surface area contributed by atoms with Crippen molar-refractivity contribution >= 4 is 29.2 Å². The van der Waals surface area contributed by atoms with E-state index in [1.165, 1.54) is 23.4 Å². The molecule has 4 rings (SSSR count). The highest BCUT2D eigenvalue weighted by Gasteiger charge is 2.43. The van der Waals surface area contributed by atoms with E-state index < -0.39 is 11.6 Å². The summed E-state index contributed by atoms with van der Waals surface area (Å²) in [6, 6.07) is 11.6. The Kier molecular flexibility index (Phi) is 5.94. The second-order valence-electron chi connectivity index (χ2n) is 7.19. The van der Waals surface area contributed by atoms with Crippen LogP contribution in [0.15, 0.2) is 55.1 Å². The van der Waals surface area contributed by atoms with Crippen molar-refractivity contribution < 1.29 is 19.4 Å². The van der Waals surface area contributed by atoms with Gasteiger partial charge in [0.2, 0.25) is 5.60 Å². The summed E-state index contributed by atoms with van der Waals surface area (Å²) >= 11 is 12.3. The first-order chi connectivity index (χ1) is 14.4. The van der Waals surface area contributed by atoms with E-state index in [2.05, 4.69) is 10.1 Å². The highest BCUT2D eigenvalue weighted by molar-refractivity contribution is 6.32. The summed E-state index contributed by atoms with van der Waals surface area (Å²) in [5.41, 5.74) is -1.83. The molecule has 1 aliphatic carbocycles. The standard InChI is InChI=1S/C21H19Cl2N3O4/c22-15-3-5-16(6-4-15)30-17-7-8-18(19(23)9-17)21(28,11-26-13-24-12-25-26)20(27)29-10-14-1-2-14/h3-9,12-14,28H,1-2,10-11H2. The van der Waals surface area contributed by atoms with E-state index in [4.69, 9.17) is 32.7 Å². The summed E-state index contributed by atoms with van der Waals surface area (Å²) in [6.07, 6.45) is 4.77. The number of hydrogen-bond donors (Lipinski definition) is 1. The van der Waals surface area contributed by atoms with Crippen LogP contribution in [0.25, 0.3) is 0 Å². The molecule has 1 heterocycles. The molecule has 0 amide bonds. The molecule has 0 saturated heterocycles. The molecule has 30 heavy (non-hydrogen) atoms. The van der Waals surface area contributed by atoms with Crippen LogP contribution in [0, 0.1) is 5.92 Å². The molecule has 7 nitrogen and oxygen atoms in total. The summed E-state index contributed by atoms with van der Waals surface area (Å²) in [7, 11) is 0. The van der Waals surface area contributed by atoms with Crippen LogP contribution < -0.4 is 4.74 Å². The number of benzene rings is 2. The topological polar surface area (TPSA) is 86.5 Å². The van der Waals surface area contributed by atoms with Gasteiger partial charge in [0.1, 0.15) is 24.2 Å². The van der Waals surface area contributed by atoms with Crippen LogP contribution in [0.2, 0.25) is 10.0 Å². The number of aromatic nitrogens is 3. The largest absolute Gasteiger partial charge is 0.463 e. The lowest BCUT2D eigenvalue weighted by Gasteiger charge is -2.27. The van der Waals surface area contributed by atoms with Crippen molar-refractivity contribution in [2.45, 2.75) is 25.0 Å². The number of carbonyl (C=O) groups is 1. The molecule has 0 aliphatic heterocycles. The molecule has 3 aromatic rings. The lowest BCUT2D eigenvalue weighted by Crippen LogP contribution is -2.42. The van der Waals surface area contributed by atoms with Crippen molar-refractivity contribution in [3.63, 3.8) is 0 Å². The Morgan fingerprint density at radius 1 is 1.17 bits per heavy atom. The maximum absolute atomic E-state index is 12.8. The first kappa shape index (κ1) is 20.7. The molecule has 0 bridgehead atoms. The first-order valence-corrected chi connectivity index (χ1v) is 10.1. The van der Waals surface area contributed by atoms with E-state index in [-0.39, 0.29) is 23.7 Å². The van der Waals surface area contributed by atoms with Gasteiger partial charge >= 0.3 is 5.97 Å². The zero-order chi connectivity index (χ0) is 21.1. The Hall–Kier alpha value is -2.61. The number of carbonyl (C=O) groups excluding carboxylic acids is 1. The molecule has 1 atom stereocenters. The lowest BCUT2D eigenvalue weighted by atomic mass is 9.93. The van der Waals surface area contributed by atoms with Crippen molar-refractivity contribution in [2.24, 2.45) is 5.92 Å². The third-order valence-electron chi connectivity index (χ3n) is 4.78. The lowest BCUT2D eigenvalue weighted by molar-refractivity contribution is -0.169. The number of aliphatic hydroxyl groups is 1. The average Bonchev–Trinajstić information content (AvgIpc) is 3.42. The van der Waals surface area contributed by atoms with Crippen LogP contribution in [0.4, 0.5) is 0 Å². The fourth-order valence-corrected chi connectivity index (χ4v) is 3.39. The molecule has 1 fully saturated rings. The Morgan fingerprint density at radius 3 is 2.53 bits per heavy atom. The minimum Gasteiger partial charge on any atom is -0.463 e. The number of halogens is 2. The normalized spacial score (nSPS) is 15.4. The van der Waals surface area contributed by atoms with Gasteiger partial charge in [-0.05, 0) is 55.2 Å². The summed E-state index contributed by atoms with van der Waals surface area (Å²) in [5, 5.41) is 16.1. The highest BCUT2D eigenvalue weighted by atomic mass is 35.5. The van der Waals surface area contributed by atoms with Gasteiger partial charge in [-0.3, -0.25) is 0 Å². The summed E-state index contributed by atoms with van der Waals surface area (Å²) in [6.45, 7) is 0.0848. The minimum absolute atomic E-state index is 0.160. The monoisotopic (exact) mass is 447 g/mol. The second-order valence-corrected chi connectivity index (χ2v) is 8.04. The van der Waals surface area contributed by atoms with Crippen LogP contribution >= 0.6 is 23.2 Å². The Morgan fingerprint density at radius 2 is 1.90 bits per heavy atom. The first-order valence-electron chi connectivity index (χ1n) is 9.39. The molecule has 0 spiro atoms. The zero-order valence-electron chi connectivity index (χ0n) is 15.9. The summed E-state index contributed by atoms with van der Waals surface area (Å²) in [4.78, 5) is 16.7. The Labute approximate surface area is 183 Å². The van der Waals surface area contributed by atoms with Gasteiger partial charge in [-0.25, -0.2) is 14.5 Å². The van der Waals surface area contributed by atoms with E-state index in [1.807, 2.05) is 0 Å². The fourth-order valence-electron chi connectivity index (χ4n) is 2.94. The van der Waals surface area contributed by atoms with Gasteiger partial charge in [0.15, 0.2) is 0 Å². The van der Waals surface area contributed by atoms with Gasteiger partial charge in [-0.2, -0.15) is 5.10 Å². The Bertz CT molecular complexity index is 1020. The minimum atomic E-state index is -2.03. The third-order valence-corrected chi connectivity index (χ3v) is 5.34. The van der Waals surface area contributed by atoms with Crippen molar-refractivity contribution in [3.05, 3.63) is 70.7 Å². The van der Waals surface area contributed by atoms with Gasteiger partial charge < -0.3 is 14.6 Å². The van der Waals surface area contributed by atoms with Gasteiger partial charge in [0.05, 0.1) is 18.2 Å². The van der Waals surface area contributed by atoms with E-state index in [1.54, 1.807) is 36.4 Å². The van der Waals surface area contributed by atoms with Crippen molar-refractivity contribution in [1.82, 2.24) is 14.8 Å². The third kappa shape index (κ3) is 4.75. The van der Waals surface area contributed by atoms with Crippen LogP contribution in [-0.4, -0.2) is 32.4 Å². The van der Waals surface area contributed by atoms with Gasteiger partial charge in [-0.15, -0.1) is 0 Å². The van der Waals surface area contributed by atoms with E-state index in [0.717, 1.165) is 12.8 Å². The van der Waals surface area contributed by atoms with Crippen molar-refractivity contribution in [3.8, 4) is 11.5 Å². The van der Waals surface area contributed by atoms with Crippen molar-refractivity contribution in [1.29, 1.82) is 0 Å². The fraction of sp³-hybridized carbons (Fsp3) is 0.286. The predicted molar refractivity (Wildman–Crippen MR) is 111 cm³/mol. The van der Waals surface area contributed by atoms with Crippen molar-refractivity contribution in [2.75, 3.05) is 6.61 Å². The SMILES string of the molecule is O=C(OCC1CC1)C(O)(Cn1cncn1)c1ccc(Oc2ccc(Cl)cc2)cc1Cl. The van der Waals surface area contributed by atoms with E-state index >= 15 is 0 Å². The highest BCUT2D eigenvalue weighted by Crippen LogP contribution is 2.36. The predicted octanol–water partition coefficient (Wildman–Crippen LogP) is 4.22. The van der Waals surface area contributed by atoms with Crippen LogP contribution in [0.3, 0.4) is 0 Å². The second kappa shape index (κ2) is 8.63. The molecule has 2 aromatic carbocycles. The average molecular weight is 448 g/mol. The van der Waals surface area contributed by atoms with Crippen LogP contribution in [0.5, 0.6) is 11.5 Å².